The van der Waals surface area contributed by atoms with E-state index in [1.807, 2.05) is 19.9 Å². The molecule has 132 valence electrons. The van der Waals surface area contributed by atoms with Crippen molar-refractivity contribution in [2.75, 3.05) is 23.3 Å². The van der Waals surface area contributed by atoms with Gasteiger partial charge in [-0.05, 0) is 38.8 Å². The summed E-state index contributed by atoms with van der Waals surface area (Å²) in [5.74, 6) is 1.73. The third kappa shape index (κ3) is 4.25. The van der Waals surface area contributed by atoms with Crippen LogP contribution in [0.3, 0.4) is 0 Å². The Bertz CT molecular complexity index is 770. The topological polar surface area (TPSA) is 84.2 Å². The van der Waals surface area contributed by atoms with Crippen molar-refractivity contribution in [1.29, 1.82) is 0 Å². The van der Waals surface area contributed by atoms with Gasteiger partial charge in [0, 0.05) is 41.4 Å². The van der Waals surface area contributed by atoms with Crippen LogP contribution in [0.25, 0.3) is 0 Å². The maximum Gasteiger partial charge on any atom is 0.292 e. The quantitative estimate of drug-likeness (QED) is 0.614. The lowest BCUT2D eigenvalue weighted by Gasteiger charge is -2.33. The number of benzene rings is 1. The Labute approximate surface area is 154 Å². The number of anilines is 2. The van der Waals surface area contributed by atoms with E-state index in [1.54, 1.807) is 12.1 Å². The van der Waals surface area contributed by atoms with Crippen molar-refractivity contribution in [3.8, 4) is 0 Å². The smallest absolute Gasteiger partial charge is 0.292 e. The molecule has 0 bridgehead atoms. The third-order valence-electron chi connectivity index (χ3n) is 4.29. The zero-order valence-corrected chi connectivity index (χ0v) is 15.8. The lowest BCUT2D eigenvalue weighted by Crippen LogP contribution is -2.39. The van der Waals surface area contributed by atoms with E-state index in [-0.39, 0.29) is 16.7 Å². The highest BCUT2D eigenvalue weighted by molar-refractivity contribution is 9.10. The molecule has 1 saturated heterocycles. The van der Waals surface area contributed by atoms with Crippen LogP contribution in [-0.2, 0) is 0 Å². The minimum atomic E-state index is -0.351. The maximum atomic E-state index is 11.2. The molecule has 3 rings (SSSR count). The number of nitro groups is 1. The van der Waals surface area contributed by atoms with E-state index in [2.05, 4.69) is 36.1 Å². The van der Waals surface area contributed by atoms with Crippen LogP contribution in [0.15, 0.2) is 28.7 Å². The Kier molecular flexibility index (Phi) is 5.17. The lowest BCUT2D eigenvalue weighted by molar-refractivity contribution is -0.384. The number of rotatable bonds is 4. The standard InChI is InChI=1S/C17H20BrN5O2/c1-11-9-17(20-12(2)19-11)22-7-5-14(6-8-22)21-15-10-13(18)3-4-16(15)23(24)25/h3-4,9-10,14,21H,5-8H2,1-2H3. The first-order chi connectivity index (χ1) is 11.9. The normalized spacial score (nSPS) is 15.2. The van der Waals surface area contributed by atoms with Crippen molar-refractivity contribution >= 4 is 33.1 Å². The summed E-state index contributed by atoms with van der Waals surface area (Å²) in [7, 11) is 0. The van der Waals surface area contributed by atoms with Crippen molar-refractivity contribution in [3.63, 3.8) is 0 Å². The molecule has 1 aliphatic rings. The first kappa shape index (κ1) is 17.6. The molecule has 25 heavy (non-hydrogen) atoms. The van der Waals surface area contributed by atoms with Crippen LogP contribution in [0, 0.1) is 24.0 Å². The second kappa shape index (κ2) is 7.35. The fourth-order valence-corrected chi connectivity index (χ4v) is 3.48. The van der Waals surface area contributed by atoms with Crippen LogP contribution in [0.1, 0.15) is 24.4 Å². The molecular formula is C17H20BrN5O2. The fraction of sp³-hybridized carbons (Fsp3) is 0.412. The zero-order chi connectivity index (χ0) is 18.0. The molecule has 7 nitrogen and oxygen atoms in total. The first-order valence-electron chi connectivity index (χ1n) is 8.20. The van der Waals surface area contributed by atoms with E-state index in [4.69, 9.17) is 0 Å². The molecule has 0 spiro atoms. The molecule has 1 aliphatic heterocycles. The molecule has 0 aliphatic carbocycles. The summed E-state index contributed by atoms with van der Waals surface area (Å²) in [6, 6.07) is 7.18. The number of halogens is 1. The largest absolute Gasteiger partial charge is 0.377 e. The van der Waals surface area contributed by atoms with Gasteiger partial charge >= 0.3 is 0 Å². The summed E-state index contributed by atoms with van der Waals surface area (Å²) in [6.45, 7) is 5.58. The minimum absolute atomic E-state index is 0.104. The Morgan fingerprint density at radius 3 is 2.60 bits per heavy atom. The van der Waals surface area contributed by atoms with Gasteiger partial charge in [0.15, 0.2) is 0 Å². The van der Waals surface area contributed by atoms with E-state index in [0.29, 0.717) is 5.69 Å². The highest BCUT2D eigenvalue weighted by Gasteiger charge is 2.23. The highest BCUT2D eigenvalue weighted by atomic mass is 79.9. The van der Waals surface area contributed by atoms with Crippen LogP contribution in [0.2, 0.25) is 0 Å². The molecule has 0 saturated carbocycles. The fourth-order valence-electron chi connectivity index (χ4n) is 3.12. The summed E-state index contributed by atoms with van der Waals surface area (Å²) in [5, 5.41) is 14.5. The molecule has 1 N–H and O–H groups in total. The minimum Gasteiger partial charge on any atom is -0.377 e. The molecule has 0 atom stereocenters. The Morgan fingerprint density at radius 2 is 1.96 bits per heavy atom. The maximum absolute atomic E-state index is 11.2. The molecule has 8 heteroatoms. The van der Waals surface area contributed by atoms with Gasteiger partial charge in [-0.3, -0.25) is 10.1 Å². The number of nitrogens with zero attached hydrogens (tertiary/aromatic N) is 4. The third-order valence-corrected chi connectivity index (χ3v) is 4.78. The SMILES string of the molecule is Cc1cc(N2CCC(Nc3cc(Br)ccc3[N+](=O)[O-])CC2)nc(C)n1. The predicted octanol–water partition coefficient (Wildman–Crippen LogP) is 3.85. The number of hydrogen-bond donors (Lipinski definition) is 1. The van der Waals surface area contributed by atoms with Crippen LogP contribution in [0.5, 0.6) is 0 Å². The molecule has 1 aromatic carbocycles. The van der Waals surface area contributed by atoms with Gasteiger partial charge in [-0.1, -0.05) is 15.9 Å². The summed E-state index contributed by atoms with van der Waals surface area (Å²) < 4.78 is 0.824. The van der Waals surface area contributed by atoms with E-state index >= 15 is 0 Å². The lowest BCUT2D eigenvalue weighted by atomic mass is 10.0. The molecule has 0 unspecified atom stereocenters. The van der Waals surface area contributed by atoms with E-state index in [1.165, 1.54) is 6.07 Å². The predicted molar refractivity (Wildman–Crippen MR) is 101 cm³/mol. The Hall–Kier alpha value is -2.22. The average Bonchev–Trinajstić information content (AvgIpc) is 2.54. The summed E-state index contributed by atoms with van der Waals surface area (Å²) in [4.78, 5) is 21.9. The van der Waals surface area contributed by atoms with Crippen molar-refractivity contribution < 1.29 is 4.92 Å². The molecule has 2 aromatic rings. The number of hydrogen-bond acceptors (Lipinski definition) is 6. The van der Waals surface area contributed by atoms with Crippen LogP contribution < -0.4 is 10.2 Å². The first-order valence-corrected chi connectivity index (χ1v) is 8.99. The second-order valence-electron chi connectivity index (χ2n) is 6.24. The number of aryl methyl sites for hydroxylation is 2. The van der Waals surface area contributed by atoms with Crippen LogP contribution in [0.4, 0.5) is 17.2 Å². The van der Waals surface area contributed by atoms with Gasteiger partial charge in [-0.15, -0.1) is 0 Å². The molecule has 1 aromatic heterocycles. The van der Waals surface area contributed by atoms with Gasteiger partial charge in [0.05, 0.1) is 4.92 Å². The monoisotopic (exact) mass is 405 g/mol. The van der Waals surface area contributed by atoms with E-state index in [9.17, 15) is 10.1 Å². The van der Waals surface area contributed by atoms with Crippen molar-refractivity contribution in [2.45, 2.75) is 32.7 Å². The van der Waals surface area contributed by atoms with Crippen LogP contribution in [-0.4, -0.2) is 34.0 Å². The van der Waals surface area contributed by atoms with E-state index in [0.717, 1.165) is 47.7 Å². The Morgan fingerprint density at radius 1 is 1.24 bits per heavy atom. The summed E-state index contributed by atoms with van der Waals surface area (Å²) in [5.41, 5.74) is 1.63. The average molecular weight is 406 g/mol. The number of nitrogens with one attached hydrogen (secondary N) is 1. The molecule has 2 heterocycles. The molecule has 0 radical (unpaired) electrons. The number of aromatic nitrogens is 2. The van der Waals surface area contributed by atoms with Gasteiger partial charge < -0.3 is 10.2 Å². The van der Waals surface area contributed by atoms with Gasteiger partial charge in [0.2, 0.25) is 0 Å². The molecular weight excluding hydrogens is 386 g/mol. The molecule has 0 amide bonds. The van der Waals surface area contributed by atoms with Crippen molar-refractivity contribution in [2.24, 2.45) is 0 Å². The van der Waals surface area contributed by atoms with Gasteiger partial charge in [-0.2, -0.15) is 0 Å². The van der Waals surface area contributed by atoms with Crippen LogP contribution >= 0.6 is 15.9 Å². The highest BCUT2D eigenvalue weighted by Crippen LogP contribution is 2.30. The zero-order valence-electron chi connectivity index (χ0n) is 14.2. The molecule has 1 fully saturated rings. The number of nitro benzene ring substituents is 1. The Balaban J connectivity index is 1.67. The summed E-state index contributed by atoms with van der Waals surface area (Å²) >= 11 is 3.38. The van der Waals surface area contributed by atoms with Crippen molar-refractivity contribution in [1.82, 2.24) is 9.97 Å². The van der Waals surface area contributed by atoms with Gasteiger partial charge in [0.1, 0.15) is 17.3 Å². The van der Waals surface area contributed by atoms with Gasteiger partial charge in [0.25, 0.3) is 5.69 Å². The summed E-state index contributed by atoms with van der Waals surface area (Å²) in [6.07, 6.45) is 1.79. The van der Waals surface area contributed by atoms with Gasteiger partial charge in [-0.25, -0.2) is 9.97 Å². The van der Waals surface area contributed by atoms with Crippen molar-refractivity contribution in [3.05, 3.63) is 50.4 Å². The number of piperidine rings is 1. The second-order valence-corrected chi connectivity index (χ2v) is 7.15. The van der Waals surface area contributed by atoms with E-state index < -0.39 is 0 Å².